The van der Waals surface area contributed by atoms with Gasteiger partial charge in [0.05, 0.1) is 23.2 Å². The van der Waals surface area contributed by atoms with Gasteiger partial charge in [-0.15, -0.1) is 0 Å². The predicted molar refractivity (Wildman–Crippen MR) is 134 cm³/mol. The second kappa shape index (κ2) is 7.19. The van der Waals surface area contributed by atoms with E-state index >= 15 is 0 Å². The molecule has 4 aliphatic carbocycles. The number of hydrogen-bond acceptors (Lipinski definition) is 4. The van der Waals surface area contributed by atoms with Crippen molar-refractivity contribution < 1.29 is 19.7 Å². The number of ether oxygens (including phenoxy) is 1. The molecule has 34 heavy (non-hydrogen) atoms. The first kappa shape index (κ1) is 25.0. The summed E-state index contributed by atoms with van der Waals surface area (Å²) >= 11 is 0. The normalized spacial score (nSPS) is 53.6. The minimum atomic E-state index is -0.594. The van der Waals surface area contributed by atoms with Crippen molar-refractivity contribution in [2.45, 2.75) is 118 Å². The Morgan fingerprint density at radius 3 is 2.24 bits per heavy atom. The molecule has 0 aromatic heterocycles. The van der Waals surface area contributed by atoms with Gasteiger partial charge in [0.1, 0.15) is 5.78 Å². The van der Waals surface area contributed by atoms with Crippen molar-refractivity contribution in [3.63, 3.8) is 0 Å². The van der Waals surface area contributed by atoms with Gasteiger partial charge in [-0.05, 0) is 106 Å². The van der Waals surface area contributed by atoms with E-state index in [0.717, 1.165) is 44.1 Å². The second-order valence-corrected chi connectivity index (χ2v) is 14.7. The Bertz CT molecular complexity index is 919. The standard InChI is InChI=1S/C30H48O4/c1-18-15-25(2,3)34-29(18,8)24-19-9-10-22-27(6)13-12-23(33)26(4,5)21(27)11-14-28(22,7)30(19,17-31)16-20(24)32/h15,19,21-24,31,33H,9-14,16-17H2,1-8H3/t19?,21?,22?,23-,24?,27-,28+,29+,30-/m0/s1. The van der Waals surface area contributed by atoms with Crippen molar-refractivity contribution in [3.8, 4) is 0 Å². The topological polar surface area (TPSA) is 66.8 Å². The summed E-state index contributed by atoms with van der Waals surface area (Å²) in [5.41, 5.74) is -0.226. The molecule has 0 saturated heterocycles. The summed E-state index contributed by atoms with van der Waals surface area (Å²) in [6.07, 6.45) is 8.51. The van der Waals surface area contributed by atoms with Crippen LogP contribution in [0.4, 0.5) is 0 Å². The van der Waals surface area contributed by atoms with Crippen molar-refractivity contribution in [2.24, 2.45) is 45.3 Å². The van der Waals surface area contributed by atoms with Crippen molar-refractivity contribution in [3.05, 3.63) is 11.6 Å². The molecule has 5 rings (SSSR count). The lowest BCUT2D eigenvalue weighted by Gasteiger charge is -2.70. The van der Waals surface area contributed by atoms with Gasteiger partial charge in [-0.25, -0.2) is 0 Å². The third kappa shape index (κ3) is 2.85. The molecule has 192 valence electrons. The molecule has 9 atom stereocenters. The molecule has 4 nitrogen and oxygen atoms in total. The third-order valence-electron chi connectivity index (χ3n) is 12.6. The molecular formula is C30H48O4. The Morgan fingerprint density at radius 1 is 0.971 bits per heavy atom. The van der Waals surface area contributed by atoms with Crippen LogP contribution in [0.2, 0.25) is 0 Å². The fourth-order valence-corrected chi connectivity index (χ4v) is 11.0. The van der Waals surface area contributed by atoms with Gasteiger partial charge < -0.3 is 14.9 Å². The molecule has 4 unspecified atom stereocenters. The summed E-state index contributed by atoms with van der Waals surface area (Å²) in [7, 11) is 0. The van der Waals surface area contributed by atoms with Crippen LogP contribution in [0.5, 0.6) is 0 Å². The van der Waals surface area contributed by atoms with E-state index in [0.29, 0.717) is 24.0 Å². The second-order valence-electron chi connectivity index (χ2n) is 14.7. The van der Waals surface area contributed by atoms with E-state index in [2.05, 4.69) is 61.5 Å². The first-order valence-electron chi connectivity index (χ1n) is 13.8. The van der Waals surface area contributed by atoms with E-state index in [1.54, 1.807) is 0 Å². The molecule has 0 bridgehead atoms. The summed E-state index contributed by atoms with van der Waals surface area (Å²) in [6, 6.07) is 0. The van der Waals surface area contributed by atoms with E-state index in [1.165, 1.54) is 0 Å². The van der Waals surface area contributed by atoms with Gasteiger partial charge in [-0.2, -0.15) is 0 Å². The van der Waals surface area contributed by atoms with Crippen LogP contribution in [0.3, 0.4) is 0 Å². The molecule has 0 radical (unpaired) electrons. The minimum Gasteiger partial charge on any atom is -0.396 e. The Hall–Kier alpha value is -0.710. The molecular weight excluding hydrogens is 424 g/mol. The average molecular weight is 473 g/mol. The van der Waals surface area contributed by atoms with Crippen LogP contribution in [0.25, 0.3) is 0 Å². The van der Waals surface area contributed by atoms with E-state index in [9.17, 15) is 15.0 Å². The molecule has 4 saturated carbocycles. The highest BCUT2D eigenvalue weighted by molar-refractivity contribution is 5.87. The zero-order chi connectivity index (χ0) is 25.1. The zero-order valence-electron chi connectivity index (χ0n) is 22.8. The summed E-state index contributed by atoms with van der Waals surface area (Å²) in [4.78, 5) is 13.9. The number of carbonyl (C=O) groups is 1. The predicted octanol–water partition coefficient (Wildman–Crippen LogP) is 5.70. The molecule has 5 aliphatic rings. The highest BCUT2D eigenvalue weighted by atomic mass is 16.5. The maximum atomic E-state index is 13.9. The lowest BCUT2D eigenvalue weighted by atomic mass is 9.35. The molecule has 1 aliphatic heterocycles. The lowest BCUT2D eigenvalue weighted by molar-refractivity contribution is -0.237. The van der Waals surface area contributed by atoms with Crippen molar-refractivity contribution in [2.75, 3.05) is 6.61 Å². The van der Waals surface area contributed by atoms with Crippen LogP contribution in [-0.2, 0) is 9.53 Å². The smallest absolute Gasteiger partial charge is 0.140 e. The van der Waals surface area contributed by atoms with Gasteiger partial charge in [0.15, 0.2) is 0 Å². The molecule has 0 aromatic carbocycles. The fourth-order valence-electron chi connectivity index (χ4n) is 11.0. The Balaban J connectivity index is 1.57. The zero-order valence-corrected chi connectivity index (χ0v) is 22.8. The monoisotopic (exact) mass is 472 g/mol. The highest BCUT2D eigenvalue weighted by Gasteiger charge is 2.73. The van der Waals surface area contributed by atoms with E-state index in [1.807, 2.05) is 0 Å². The van der Waals surface area contributed by atoms with Crippen molar-refractivity contribution >= 4 is 5.78 Å². The quantitative estimate of drug-likeness (QED) is 0.506. The summed E-state index contributed by atoms with van der Waals surface area (Å²) in [6.45, 7) is 17.9. The molecule has 4 heteroatoms. The number of hydrogen-bond donors (Lipinski definition) is 2. The summed E-state index contributed by atoms with van der Waals surface area (Å²) in [5, 5.41) is 22.0. The van der Waals surface area contributed by atoms with Gasteiger partial charge in [0.2, 0.25) is 0 Å². The van der Waals surface area contributed by atoms with Gasteiger partial charge in [0, 0.05) is 18.4 Å². The Morgan fingerprint density at radius 2 is 1.65 bits per heavy atom. The number of Topliss-reactive ketones (excluding diaryl/α,β-unsaturated/α-hetero) is 1. The maximum Gasteiger partial charge on any atom is 0.140 e. The molecule has 1 heterocycles. The third-order valence-corrected chi connectivity index (χ3v) is 12.6. The molecule has 2 N–H and O–H groups in total. The van der Waals surface area contributed by atoms with E-state index in [4.69, 9.17) is 4.74 Å². The van der Waals surface area contributed by atoms with Gasteiger partial charge in [-0.3, -0.25) is 4.79 Å². The van der Waals surface area contributed by atoms with Crippen LogP contribution in [0.1, 0.15) is 100 Å². The van der Waals surface area contributed by atoms with Crippen molar-refractivity contribution in [1.29, 1.82) is 0 Å². The van der Waals surface area contributed by atoms with Crippen LogP contribution < -0.4 is 0 Å². The van der Waals surface area contributed by atoms with Crippen LogP contribution in [0, 0.1) is 45.3 Å². The van der Waals surface area contributed by atoms with E-state index < -0.39 is 5.60 Å². The Labute approximate surface area is 206 Å². The number of rotatable bonds is 2. The lowest BCUT2D eigenvalue weighted by Crippen LogP contribution is -2.65. The van der Waals surface area contributed by atoms with Gasteiger partial charge in [-0.1, -0.05) is 33.8 Å². The fraction of sp³-hybridized carbons (Fsp3) is 0.900. The average Bonchev–Trinajstić information content (AvgIpc) is 3.14. The van der Waals surface area contributed by atoms with Crippen LogP contribution >= 0.6 is 0 Å². The summed E-state index contributed by atoms with van der Waals surface area (Å²) in [5.74, 6) is 1.19. The number of aliphatic hydroxyl groups is 2. The first-order chi connectivity index (χ1) is 15.6. The minimum absolute atomic E-state index is 0.0825. The largest absolute Gasteiger partial charge is 0.396 e. The summed E-state index contributed by atoms with van der Waals surface area (Å²) < 4.78 is 6.63. The number of ketones is 1. The van der Waals surface area contributed by atoms with E-state index in [-0.39, 0.29) is 51.8 Å². The number of aliphatic hydroxyl groups excluding tert-OH is 2. The van der Waals surface area contributed by atoms with Crippen molar-refractivity contribution in [1.82, 2.24) is 0 Å². The number of fused-ring (bicyclic) bond motifs is 5. The van der Waals surface area contributed by atoms with Crippen LogP contribution in [0.15, 0.2) is 11.6 Å². The molecule has 4 fully saturated rings. The van der Waals surface area contributed by atoms with Gasteiger partial charge in [0.25, 0.3) is 0 Å². The maximum absolute atomic E-state index is 13.9. The molecule has 0 aromatic rings. The number of carbonyl (C=O) groups excluding carboxylic acids is 1. The molecule has 0 spiro atoms. The van der Waals surface area contributed by atoms with Gasteiger partial charge >= 0.3 is 0 Å². The van der Waals surface area contributed by atoms with Crippen LogP contribution in [-0.4, -0.2) is 39.9 Å². The highest BCUT2D eigenvalue weighted by Crippen LogP contribution is 2.75. The first-order valence-corrected chi connectivity index (χ1v) is 13.8. The molecule has 0 amide bonds. The Kier molecular flexibility index (Phi) is 5.28. The SMILES string of the molecule is CC1=CC(C)(C)O[C@@]1(C)C1C(=O)C[C@]2(CO)C1CCC1[C@@]3(C)CC[C@H](O)C(C)(C)C3CC[C@]12C.